The van der Waals surface area contributed by atoms with Gasteiger partial charge in [0, 0.05) is 10.2 Å². The number of aromatic nitrogens is 2. The molecule has 1 heterocycles. The summed E-state index contributed by atoms with van der Waals surface area (Å²) in [6.07, 6.45) is 0. The Morgan fingerprint density at radius 2 is 2.10 bits per heavy atom. The van der Waals surface area contributed by atoms with Gasteiger partial charge in [-0.3, -0.25) is 0 Å². The lowest BCUT2D eigenvalue weighted by molar-refractivity contribution is 1.30. The lowest BCUT2D eigenvalue weighted by Crippen LogP contribution is -1.95. The van der Waals surface area contributed by atoms with Gasteiger partial charge in [-0.25, -0.2) is 4.98 Å². The fourth-order valence-corrected chi connectivity index (χ4v) is 2.29. The van der Waals surface area contributed by atoms with Crippen molar-refractivity contribution < 1.29 is 0 Å². The molecule has 1 aromatic heterocycles. The quantitative estimate of drug-likeness (QED) is 0.628. The van der Waals surface area contributed by atoms with Crippen LogP contribution in [0.4, 0.5) is 17.3 Å². The number of nitrogens with two attached hydrogens (primary N) is 1. The summed E-state index contributed by atoms with van der Waals surface area (Å²) in [4.78, 5) is 7.54. The summed E-state index contributed by atoms with van der Waals surface area (Å²) in [6.45, 7) is 0. The van der Waals surface area contributed by atoms with Crippen LogP contribution in [0.3, 0.4) is 0 Å². The van der Waals surface area contributed by atoms with Gasteiger partial charge in [0.2, 0.25) is 5.95 Å². The minimum atomic E-state index is 0.549. The van der Waals surface area contributed by atoms with Crippen molar-refractivity contribution in [2.24, 2.45) is 0 Å². The van der Waals surface area contributed by atoms with Crippen LogP contribution in [0.25, 0.3) is 11.0 Å². The van der Waals surface area contributed by atoms with Gasteiger partial charge in [0.15, 0.2) is 0 Å². The molecule has 2 aromatic carbocycles. The van der Waals surface area contributed by atoms with Gasteiger partial charge in [-0.05, 0) is 36.4 Å². The number of nitrogen functional groups attached to an aromatic ring is 1. The molecule has 0 aliphatic carbocycles. The Balaban J connectivity index is 2.01. The molecule has 5 nitrogen and oxygen atoms in total. The predicted octanol–water partition coefficient (Wildman–Crippen LogP) is 3.52. The van der Waals surface area contributed by atoms with Gasteiger partial charge in [0.25, 0.3) is 0 Å². The second-order valence-electron chi connectivity index (χ2n) is 4.29. The Labute approximate surface area is 123 Å². The highest BCUT2D eigenvalue weighted by Gasteiger charge is 2.07. The second kappa shape index (κ2) is 4.87. The summed E-state index contributed by atoms with van der Waals surface area (Å²) in [6, 6.07) is 13.0. The number of halogens is 1. The summed E-state index contributed by atoms with van der Waals surface area (Å²) in [7, 11) is 0. The second-order valence-corrected chi connectivity index (χ2v) is 5.20. The molecule has 98 valence electrons. The SMILES string of the molecule is N#Cc1ccc(Br)cc1Nc1nc2ccc(N)cc2[nH]1. The van der Waals surface area contributed by atoms with E-state index in [0.717, 1.165) is 15.5 Å². The maximum absolute atomic E-state index is 9.11. The highest BCUT2D eigenvalue weighted by Crippen LogP contribution is 2.25. The Bertz CT molecular complexity index is 831. The van der Waals surface area contributed by atoms with Crippen LogP contribution < -0.4 is 11.1 Å². The molecule has 0 aliphatic heterocycles. The molecule has 0 amide bonds. The van der Waals surface area contributed by atoms with E-state index >= 15 is 0 Å². The maximum atomic E-state index is 9.11. The van der Waals surface area contributed by atoms with Crippen molar-refractivity contribution in [1.82, 2.24) is 9.97 Å². The van der Waals surface area contributed by atoms with Gasteiger partial charge >= 0.3 is 0 Å². The molecule has 20 heavy (non-hydrogen) atoms. The molecule has 0 spiro atoms. The third-order valence-corrected chi connectivity index (χ3v) is 3.35. The minimum absolute atomic E-state index is 0.549. The van der Waals surface area contributed by atoms with Gasteiger partial charge in [0.1, 0.15) is 6.07 Å². The number of H-pyrrole nitrogens is 1. The van der Waals surface area contributed by atoms with Crippen LogP contribution in [0.1, 0.15) is 5.56 Å². The van der Waals surface area contributed by atoms with E-state index in [1.807, 2.05) is 24.3 Å². The number of imidazole rings is 1. The van der Waals surface area contributed by atoms with Crippen molar-refractivity contribution >= 4 is 44.3 Å². The average Bonchev–Trinajstić information content (AvgIpc) is 2.80. The molecule has 3 rings (SSSR count). The number of hydrogen-bond donors (Lipinski definition) is 3. The monoisotopic (exact) mass is 327 g/mol. The fourth-order valence-electron chi connectivity index (χ4n) is 1.93. The van der Waals surface area contributed by atoms with Crippen molar-refractivity contribution in [3.63, 3.8) is 0 Å². The van der Waals surface area contributed by atoms with E-state index in [1.165, 1.54) is 0 Å². The lowest BCUT2D eigenvalue weighted by Gasteiger charge is -2.05. The summed E-state index contributed by atoms with van der Waals surface area (Å²) in [5, 5.41) is 12.2. The summed E-state index contributed by atoms with van der Waals surface area (Å²) in [5.41, 5.74) is 9.31. The third kappa shape index (κ3) is 2.31. The van der Waals surface area contributed by atoms with E-state index in [4.69, 9.17) is 11.0 Å². The van der Waals surface area contributed by atoms with Crippen LogP contribution in [-0.4, -0.2) is 9.97 Å². The number of nitrogens with zero attached hydrogens (tertiary/aromatic N) is 2. The van der Waals surface area contributed by atoms with E-state index in [1.54, 1.807) is 12.1 Å². The van der Waals surface area contributed by atoms with E-state index < -0.39 is 0 Å². The molecule has 4 N–H and O–H groups in total. The number of benzene rings is 2. The number of rotatable bonds is 2. The Kier molecular flexibility index (Phi) is 3.05. The van der Waals surface area contributed by atoms with Crippen molar-refractivity contribution in [3.8, 4) is 6.07 Å². The largest absolute Gasteiger partial charge is 0.399 e. The summed E-state index contributed by atoms with van der Waals surface area (Å²) >= 11 is 3.39. The number of nitriles is 1. The first-order valence-electron chi connectivity index (χ1n) is 5.87. The highest BCUT2D eigenvalue weighted by atomic mass is 79.9. The zero-order valence-corrected chi connectivity index (χ0v) is 11.9. The first-order chi connectivity index (χ1) is 9.65. The normalized spacial score (nSPS) is 10.4. The third-order valence-electron chi connectivity index (χ3n) is 2.86. The number of fused-ring (bicyclic) bond motifs is 1. The summed E-state index contributed by atoms with van der Waals surface area (Å²) in [5.74, 6) is 0.570. The predicted molar refractivity (Wildman–Crippen MR) is 82.6 cm³/mol. The summed E-state index contributed by atoms with van der Waals surface area (Å²) < 4.78 is 0.888. The first kappa shape index (κ1) is 12.5. The lowest BCUT2D eigenvalue weighted by atomic mass is 10.2. The van der Waals surface area contributed by atoms with Crippen molar-refractivity contribution in [1.29, 1.82) is 5.26 Å². The molecule has 6 heteroatoms. The number of nitrogens with one attached hydrogen (secondary N) is 2. The van der Waals surface area contributed by atoms with Gasteiger partial charge in [-0.1, -0.05) is 15.9 Å². The molecular formula is C14H10BrN5. The van der Waals surface area contributed by atoms with Crippen LogP contribution in [0.2, 0.25) is 0 Å². The maximum Gasteiger partial charge on any atom is 0.205 e. The fraction of sp³-hybridized carbons (Fsp3) is 0. The molecule has 3 aromatic rings. The highest BCUT2D eigenvalue weighted by molar-refractivity contribution is 9.10. The molecule has 0 unspecified atom stereocenters. The van der Waals surface area contributed by atoms with E-state index in [2.05, 4.69) is 37.3 Å². The van der Waals surface area contributed by atoms with Crippen molar-refractivity contribution in [3.05, 3.63) is 46.4 Å². The molecule has 0 aliphatic rings. The zero-order chi connectivity index (χ0) is 14.1. The van der Waals surface area contributed by atoms with Gasteiger partial charge in [-0.2, -0.15) is 5.26 Å². The molecule has 0 radical (unpaired) electrons. The topological polar surface area (TPSA) is 90.5 Å². The van der Waals surface area contributed by atoms with Gasteiger partial charge in [-0.15, -0.1) is 0 Å². The Hall–Kier alpha value is -2.52. The standard InChI is InChI=1S/C14H10BrN5/c15-9-2-1-8(7-16)12(5-9)19-14-18-11-4-3-10(17)6-13(11)20-14/h1-6H,17H2,(H2,18,19,20). The molecule has 0 fully saturated rings. The van der Waals surface area contributed by atoms with Crippen LogP contribution >= 0.6 is 15.9 Å². The van der Waals surface area contributed by atoms with Gasteiger partial charge < -0.3 is 16.0 Å². The zero-order valence-electron chi connectivity index (χ0n) is 10.3. The number of anilines is 3. The van der Waals surface area contributed by atoms with Crippen molar-refractivity contribution in [2.45, 2.75) is 0 Å². The molecular weight excluding hydrogens is 318 g/mol. The average molecular weight is 328 g/mol. The van der Waals surface area contributed by atoms with E-state index in [9.17, 15) is 0 Å². The molecule has 0 saturated carbocycles. The molecule has 0 saturated heterocycles. The van der Waals surface area contributed by atoms with Crippen LogP contribution in [0, 0.1) is 11.3 Å². The minimum Gasteiger partial charge on any atom is -0.399 e. The number of aromatic amines is 1. The Morgan fingerprint density at radius 3 is 2.90 bits per heavy atom. The van der Waals surface area contributed by atoms with E-state index in [0.29, 0.717) is 22.9 Å². The van der Waals surface area contributed by atoms with Crippen molar-refractivity contribution in [2.75, 3.05) is 11.1 Å². The van der Waals surface area contributed by atoms with Gasteiger partial charge in [0.05, 0.1) is 22.3 Å². The Morgan fingerprint density at radius 1 is 1.25 bits per heavy atom. The van der Waals surface area contributed by atoms with E-state index in [-0.39, 0.29) is 0 Å². The van der Waals surface area contributed by atoms with Crippen LogP contribution in [-0.2, 0) is 0 Å². The smallest absolute Gasteiger partial charge is 0.205 e. The molecule has 0 bridgehead atoms. The molecule has 0 atom stereocenters. The first-order valence-corrected chi connectivity index (χ1v) is 6.67. The van der Waals surface area contributed by atoms with Crippen LogP contribution in [0.15, 0.2) is 40.9 Å². The van der Waals surface area contributed by atoms with Crippen LogP contribution in [0.5, 0.6) is 0 Å². The number of hydrogen-bond acceptors (Lipinski definition) is 4.